The van der Waals surface area contributed by atoms with Crippen LogP contribution in [0.2, 0.25) is 5.02 Å². The molecule has 1 fully saturated rings. The molecule has 0 spiro atoms. The van der Waals surface area contributed by atoms with Crippen molar-refractivity contribution in [3.05, 3.63) is 59.3 Å². The van der Waals surface area contributed by atoms with Gasteiger partial charge in [-0.15, -0.1) is 0 Å². The Morgan fingerprint density at radius 1 is 1.23 bits per heavy atom. The molecule has 1 N–H and O–H groups in total. The van der Waals surface area contributed by atoms with Crippen molar-refractivity contribution in [1.29, 1.82) is 0 Å². The Bertz CT molecular complexity index is 1110. The summed E-state index contributed by atoms with van der Waals surface area (Å²) in [7, 11) is 0. The molecular weight excluding hydrogens is 421 g/mol. The fourth-order valence-electron chi connectivity index (χ4n) is 3.42. The monoisotopic (exact) mass is 441 g/mol. The average Bonchev–Trinajstić information content (AvgIpc) is 3.31. The molecule has 1 aliphatic rings. The maximum Gasteiger partial charge on any atom is 0.339 e. The van der Waals surface area contributed by atoms with Gasteiger partial charge in [0.1, 0.15) is 11.6 Å². The van der Waals surface area contributed by atoms with Gasteiger partial charge in [0.15, 0.2) is 0 Å². The van der Waals surface area contributed by atoms with Crippen LogP contribution >= 0.6 is 11.6 Å². The van der Waals surface area contributed by atoms with Crippen molar-refractivity contribution in [2.45, 2.75) is 19.8 Å². The fraction of sp³-hybridized carbons (Fsp3) is 0.273. The van der Waals surface area contributed by atoms with Crippen LogP contribution in [0.1, 0.15) is 30.1 Å². The molecule has 0 aliphatic carbocycles. The summed E-state index contributed by atoms with van der Waals surface area (Å²) in [5.41, 5.74) is 2.44. The summed E-state index contributed by atoms with van der Waals surface area (Å²) in [4.78, 5) is 27.6. The van der Waals surface area contributed by atoms with Crippen molar-refractivity contribution in [2.75, 3.05) is 29.9 Å². The second-order valence-electron chi connectivity index (χ2n) is 7.06. The summed E-state index contributed by atoms with van der Waals surface area (Å²) >= 11 is 5.87. The van der Waals surface area contributed by atoms with Gasteiger partial charge in [-0.2, -0.15) is 4.98 Å². The first-order chi connectivity index (χ1) is 15.0. The molecule has 3 heterocycles. The van der Waals surface area contributed by atoms with Crippen LogP contribution in [0.15, 0.2) is 42.9 Å². The van der Waals surface area contributed by atoms with Crippen molar-refractivity contribution >= 4 is 35.0 Å². The lowest BCUT2D eigenvalue weighted by molar-refractivity contribution is 0.0526. The first-order valence-electron chi connectivity index (χ1n) is 10.0. The van der Waals surface area contributed by atoms with E-state index < -0.39 is 11.8 Å². The molecule has 7 nitrogen and oxygen atoms in total. The van der Waals surface area contributed by atoms with E-state index in [0.29, 0.717) is 23.8 Å². The molecule has 31 heavy (non-hydrogen) atoms. The van der Waals surface area contributed by atoms with Gasteiger partial charge in [-0.05, 0) is 44.0 Å². The molecule has 0 bridgehead atoms. The van der Waals surface area contributed by atoms with Gasteiger partial charge < -0.3 is 15.0 Å². The fourth-order valence-corrected chi connectivity index (χ4v) is 3.60. The second kappa shape index (κ2) is 9.26. The second-order valence-corrected chi connectivity index (χ2v) is 7.47. The standard InChI is InChI=1S/C22H21ClFN5O2/c1-2-31-21(30)15-9-14(11-25-12-15)17-13-26-22(28-20(17)29-7-3-4-8-29)27-16-5-6-19(24)18(23)10-16/h5-6,9-13H,2-4,7-8H2,1H3,(H,26,27,28). The van der Waals surface area contributed by atoms with Gasteiger partial charge in [0.05, 0.1) is 17.2 Å². The van der Waals surface area contributed by atoms with Gasteiger partial charge in [-0.1, -0.05) is 11.6 Å². The number of nitrogens with one attached hydrogen (secondary N) is 1. The lowest BCUT2D eigenvalue weighted by Gasteiger charge is -2.21. The molecule has 0 saturated carbocycles. The van der Waals surface area contributed by atoms with Crippen LogP contribution < -0.4 is 10.2 Å². The maximum absolute atomic E-state index is 13.4. The Hall–Kier alpha value is -3.26. The number of halogens is 2. The van der Waals surface area contributed by atoms with Gasteiger partial charge in [-0.3, -0.25) is 4.98 Å². The van der Waals surface area contributed by atoms with Gasteiger partial charge >= 0.3 is 5.97 Å². The molecule has 0 radical (unpaired) electrons. The molecule has 1 aliphatic heterocycles. The molecule has 0 amide bonds. The molecule has 1 saturated heterocycles. The highest BCUT2D eigenvalue weighted by Crippen LogP contribution is 2.32. The van der Waals surface area contributed by atoms with E-state index in [1.165, 1.54) is 18.3 Å². The number of carbonyl (C=O) groups excluding carboxylic acids is 1. The minimum atomic E-state index is -0.491. The van der Waals surface area contributed by atoms with Crippen LogP contribution in [0.5, 0.6) is 0 Å². The first kappa shape index (κ1) is 21.0. The normalized spacial score (nSPS) is 13.3. The van der Waals surface area contributed by atoms with E-state index in [1.807, 2.05) is 0 Å². The van der Waals surface area contributed by atoms with Crippen LogP contribution in [0.3, 0.4) is 0 Å². The van der Waals surface area contributed by atoms with Crippen molar-refractivity contribution in [2.24, 2.45) is 0 Å². The SMILES string of the molecule is CCOC(=O)c1cncc(-c2cnc(Nc3ccc(F)c(Cl)c3)nc2N2CCCC2)c1. The molecular formula is C22H21ClFN5O2. The zero-order valence-corrected chi connectivity index (χ0v) is 17.7. The number of hydrogen-bond acceptors (Lipinski definition) is 7. The molecule has 0 unspecified atom stereocenters. The number of rotatable bonds is 6. The molecule has 4 rings (SSSR count). The summed E-state index contributed by atoms with van der Waals surface area (Å²) in [6.07, 6.45) is 6.99. The van der Waals surface area contributed by atoms with Gasteiger partial charge in [0, 0.05) is 48.5 Å². The number of benzene rings is 1. The smallest absolute Gasteiger partial charge is 0.339 e. The molecule has 9 heteroatoms. The van der Waals surface area contributed by atoms with E-state index in [0.717, 1.165) is 42.9 Å². The van der Waals surface area contributed by atoms with E-state index in [9.17, 15) is 9.18 Å². The van der Waals surface area contributed by atoms with E-state index in [1.54, 1.807) is 31.5 Å². The third-order valence-electron chi connectivity index (χ3n) is 4.91. The summed E-state index contributed by atoms with van der Waals surface area (Å²) in [6, 6.07) is 6.07. The van der Waals surface area contributed by atoms with Crippen molar-refractivity contribution in [3.63, 3.8) is 0 Å². The number of pyridine rings is 1. The summed E-state index contributed by atoms with van der Waals surface area (Å²) < 4.78 is 18.5. The average molecular weight is 442 g/mol. The van der Waals surface area contributed by atoms with E-state index >= 15 is 0 Å². The number of hydrogen-bond donors (Lipinski definition) is 1. The molecule has 3 aromatic rings. The minimum absolute atomic E-state index is 0.0169. The molecule has 160 valence electrons. The van der Waals surface area contributed by atoms with Crippen molar-refractivity contribution in [1.82, 2.24) is 15.0 Å². The van der Waals surface area contributed by atoms with E-state index in [4.69, 9.17) is 21.3 Å². The molecule has 2 aromatic heterocycles. The highest BCUT2D eigenvalue weighted by Gasteiger charge is 2.21. The van der Waals surface area contributed by atoms with Crippen LogP contribution in [0, 0.1) is 5.82 Å². The van der Waals surface area contributed by atoms with Crippen molar-refractivity contribution < 1.29 is 13.9 Å². The predicted molar refractivity (Wildman–Crippen MR) is 117 cm³/mol. The number of carbonyl (C=O) groups is 1. The first-order valence-corrected chi connectivity index (χ1v) is 10.4. The number of aromatic nitrogens is 3. The summed E-state index contributed by atoms with van der Waals surface area (Å²) in [6.45, 7) is 3.79. The quantitative estimate of drug-likeness (QED) is 0.547. The summed E-state index contributed by atoms with van der Waals surface area (Å²) in [5.74, 6) is 0.191. The van der Waals surface area contributed by atoms with Crippen LogP contribution in [0.4, 0.5) is 21.8 Å². The largest absolute Gasteiger partial charge is 0.462 e. The lowest BCUT2D eigenvalue weighted by Crippen LogP contribution is -2.20. The van der Waals surface area contributed by atoms with E-state index in [2.05, 4.69) is 20.2 Å². The molecule has 0 atom stereocenters. The van der Waals surface area contributed by atoms with E-state index in [-0.39, 0.29) is 5.02 Å². The maximum atomic E-state index is 13.4. The Balaban J connectivity index is 1.70. The number of nitrogens with zero attached hydrogens (tertiary/aromatic N) is 4. The van der Waals surface area contributed by atoms with Crippen molar-refractivity contribution in [3.8, 4) is 11.1 Å². The third-order valence-corrected chi connectivity index (χ3v) is 5.20. The topological polar surface area (TPSA) is 80.2 Å². The highest BCUT2D eigenvalue weighted by atomic mass is 35.5. The predicted octanol–water partition coefficient (Wildman–Crippen LogP) is 4.85. The lowest BCUT2D eigenvalue weighted by atomic mass is 10.1. The Kier molecular flexibility index (Phi) is 6.27. The zero-order chi connectivity index (χ0) is 21.8. The third kappa shape index (κ3) is 4.74. The number of anilines is 3. The van der Waals surface area contributed by atoms with Gasteiger partial charge in [-0.25, -0.2) is 14.2 Å². The number of ether oxygens (including phenoxy) is 1. The molecule has 1 aromatic carbocycles. The highest BCUT2D eigenvalue weighted by molar-refractivity contribution is 6.31. The van der Waals surface area contributed by atoms with Crippen LogP contribution in [-0.2, 0) is 4.74 Å². The van der Waals surface area contributed by atoms with Crippen LogP contribution in [0.25, 0.3) is 11.1 Å². The Labute approximate surface area is 184 Å². The van der Waals surface area contributed by atoms with Gasteiger partial charge in [0.2, 0.25) is 5.95 Å². The Morgan fingerprint density at radius 2 is 2.03 bits per heavy atom. The zero-order valence-electron chi connectivity index (χ0n) is 16.9. The Morgan fingerprint density at radius 3 is 2.77 bits per heavy atom. The van der Waals surface area contributed by atoms with Crippen LogP contribution in [-0.4, -0.2) is 40.6 Å². The minimum Gasteiger partial charge on any atom is -0.462 e. The van der Waals surface area contributed by atoms with Gasteiger partial charge in [0.25, 0.3) is 0 Å². The number of esters is 1. The summed E-state index contributed by atoms with van der Waals surface area (Å²) in [5, 5.41) is 3.09.